The van der Waals surface area contributed by atoms with E-state index in [-0.39, 0.29) is 0 Å². The Balaban J connectivity index is 1.92. The quantitative estimate of drug-likeness (QED) is 0.776. The third-order valence-corrected chi connectivity index (χ3v) is 4.30. The van der Waals surface area contributed by atoms with Gasteiger partial charge in [-0.3, -0.25) is 0 Å². The fourth-order valence-electron chi connectivity index (χ4n) is 1.76. The Hall–Kier alpha value is -1.00. The lowest BCUT2D eigenvalue weighted by Gasteiger charge is -2.11. The predicted molar refractivity (Wildman–Crippen MR) is 79.5 cm³/mol. The van der Waals surface area contributed by atoms with Crippen LogP contribution in [0.2, 0.25) is 5.02 Å². The molecular formula is C14H17ClN2OS. The van der Waals surface area contributed by atoms with E-state index in [1.165, 1.54) is 0 Å². The molecule has 0 unspecified atom stereocenters. The monoisotopic (exact) mass is 296 g/mol. The highest BCUT2D eigenvalue weighted by Crippen LogP contribution is 2.34. The summed E-state index contributed by atoms with van der Waals surface area (Å²) >= 11 is 7.93. The molecule has 0 N–H and O–H groups in total. The van der Waals surface area contributed by atoms with Gasteiger partial charge < -0.3 is 4.52 Å². The average molecular weight is 297 g/mol. The zero-order valence-electron chi connectivity index (χ0n) is 11.1. The number of aromatic nitrogens is 2. The van der Waals surface area contributed by atoms with Gasteiger partial charge in [-0.1, -0.05) is 41.9 Å². The Morgan fingerprint density at radius 3 is 2.89 bits per heavy atom. The minimum absolute atomic E-state index is 0.301. The summed E-state index contributed by atoms with van der Waals surface area (Å²) in [5.41, 5.74) is 1.14. The maximum Gasteiger partial charge on any atom is 0.236 e. The summed E-state index contributed by atoms with van der Waals surface area (Å²) in [7, 11) is 0. The average Bonchev–Trinajstić information content (AvgIpc) is 2.85. The van der Waals surface area contributed by atoms with Gasteiger partial charge in [0.2, 0.25) is 5.89 Å². The molecule has 0 spiro atoms. The molecular weight excluding hydrogens is 280 g/mol. The Morgan fingerprint density at radius 1 is 1.37 bits per heavy atom. The Labute approximate surface area is 122 Å². The molecule has 0 amide bonds. The van der Waals surface area contributed by atoms with Gasteiger partial charge in [-0.15, -0.1) is 11.8 Å². The summed E-state index contributed by atoms with van der Waals surface area (Å²) < 4.78 is 5.22. The van der Waals surface area contributed by atoms with Crippen LogP contribution in [0.3, 0.4) is 0 Å². The van der Waals surface area contributed by atoms with Gasteiger partial charge in [0.05, 0.1) is 5.75 Å². The molecule has 0 saturated carbocycles. The van der Waals surface area contributed by atoms with Crippen LogP contribution in [-0.2, 0) is 12.2 Å². The van der Waals surface area contributed by atoms with Crippen molar-refractivity contribution < 1.29 is 4.52 Å². The molecule has 0 aliphatic carbocycles. The second-order valence-electron chi connectivity index (χ2n) is 4.33. The summed E-state index contributed by atoms with van der Waals surface area (Å²) in [5.74, 6) is 2.19. The van der Waals surface area contributed by atoms with Crippen LogP contribution in [-0.4, -0.2) is 10.1 Å². The number of hydrogen-bond acceptors (Lipinski definition) is 4. The first-order valence-corrected chi connectivity index (χ1v) is 7.81. The number of benzene rings is 1. The van der Waals surface area contributed by atoms with Crippen molar-refractivity contribution in [3.05, 3.63) is 46.6 Å². The second kappa shape index (κ2) is 6.96. The summed E-state index contributed by atoms with van der Waals surface area (Å²) in [6.45, 7) is 4.24. The molecule has 2 rings (SSSR count). The molecule has 0 saturated heterocycles. The molecule has 0 bridgehead atoms. The van der Waals surface area contributed by atoms with Gasteiger partial charge in [0.15, 0.2) is 5.82 Å². The lowest BCUT2D eigenvalue weighted by atomic mass is 10.2. The predicted octanol–water partition coefficient (Wildman–Crippen LogP) is 4.67. The van der Waals surface area contributed by atoms with Crippen molar-refractivity contribution in [1.29, 1.82) is 0 Å². The van der Waals surface area contributed by atoms with Gasteiger partial charge in [-0.05, 0) is 25.0 Å². The van der Waals surface area contributed by atoms with E-state index < -0.39 is 0 Å². The first kappa shape index (κ1) is 14.4. The van der Waals surface area contributed by atoms with E-state index in [0.717, 1.165) is 29.3 Å². The third-order valence-electron chi connectivity index (χ3n) is 2.78. The van der Waals surface area contributed by atoms with Crippen LogP contribution in [0.15, 0.2) is 28.8 Å². The van der Waals surface area contributed by atoms with Crippen LogP contribution in [0.25, 0.3) is 0 Å². The smallest absolute Gasteiger partial charge is 0.236 e. The lowest BCUT2D eigenvalue weighted by Crippen LogP contribution is -1.92. The van der Waals surface area contributed by atoms with E-state index >= 15 is 0 Å². The number of nitrogens with zero attached hydrogens (tertiary/aromatic N) is 2. The lowest BCUT2D eigenvalue weighted by molar-refractivity contribution is 0.384. The van der Waals surface area contributed by atoms with Crippen molar-refractivity contribution in [2.24, 2.45) is 0 Å². The Bertz CT molecular complexity index is 530. The van der Waals surface area contributed by atoms with Gasteiger partial charge in [-0.25, -0.2) is 0 Å². The molecule has 0 aliphatic rings. The van der Waals surface area contributed by atoms with Crippen LogP contribution in [0, 0.1) is 0 Å². The first-order valence-electron chi connectivity index (χ1n) is 6.38. The van der Waals surface area contributed by atoms with Crippen LogP contribution in [0.5, 0.6) is 0 Å². The fourth-order valence-corrected chi connectivity index (χ4v) is 3.02. The third kappa shape index (κ3) is 3.98. The number of thioether (sulfide) groups is 1. The summed E-state index contributed by atoms with van der Waals surface area (Å²) in [6.07, 6.45) is 1.90. The SMILES string of the molecule is CCCc1noc(CS[C@@H](C)c2ccccc2Cl)n1. The molecule has 1 aromatic heterocycles. The van der Waals surface area contributed by atoms with Gasteiger partial charge >= 0.3 is 0 Å². The Morgan fingerprint density at radius 2 is 2.16 bits per heavy atom. The normalized spacial score (nSPS) is 12.6. The van der Waals surface area contributed by atoms with Crippen LogP contribution < -0.4 is 0 Å². The highest BCUT2D eigenvalue weighted by Gasteiger charge is 2.12. The molecule has 0 aliphatic heterocycles. The van der Waals surface area contributed by atoms with Crippen molar-refractivity contribution in [1.82, 2.24) is 10.1 Å². The minimum Gasteiger partial charge on any atom is -0.338 e. The first-order chi connectivity index (χ1) is 9.20. The zero-order valence-corrected chi connectivity index (χ0v) is 12.7. The van der Waals surface area contributed by atoms with Crippen LogP contribution >= 0.6 is 23.4 Å². The summed E-state index contributed by atoms with van der Waals surface area (Å²) in [4.78, 5) is 4.36. The molecule has 102 valence electrons. The Kier molecular flexibility index (Phi) is 5.28. The van der Waals surface area contributed by atoms with Crippen molar-refractivity contribution in [3.63, 3.8) is 0 Å². The fraction of sp³-hybridized carbons (Fsp3) is 0.429. The zero-order chi connectivity index (χ0) is 13.7. The molecule has 1 atom stereocenters. The maximum atomic E-state index is 6.18. The molecule has 5 heteroatoms. The molecule has 2 aromatic rings. The molecule has 19 heavy (non-hydrogen) atoms. The van der Waals surface area contributed by atoms with Crippen molar-refractivity contribution in [2.75, 3.05) is 0 Å². The number of halogens is 1. The van der Waals surface area contributed by atoms with Crippen molar-refractivity contribution in [2.45, 2.75) is 37.7 Å². The van der Waals surface area contributed by atoms with Gasteiger partial charge in [0.1, 0.15) is 0 Å². The molecule has 3 nitrogen and oxygen atoms in total. The minimum atomic E-state index is 0.301. The largest absolute Gasteiger partial charge is 0.338 e. The molecule has 1 aromatic carbocycles. The number of rotatable bonds is 6. The van der Waals surface area contributed by atoms with E-state index in [9.17, 15) is 0 Å². The van der Waals surface area contributed by atoms with Gasteiger partial charge in [-0.2, -0.15) is 4.98 Å². The number of hydrogen-bond donors (Lipinski definition) is 0. The van der Waals surface area contributed by atoms with Crippen LogP contribution in [0.1, 0.15) is 42.8 Å². The number of aryl methyl sites for hydroxylation is 1. The van der Waals surface area contributed by atoms with E-state index in [1.807, 2.05) is 18.2 Å². The van der Waals surface area contributed by atoms with Gasteiger partial charge in [0.25, 0.3) is 0 Å². The van der Waals surface area contributed by atoms with Crippen LogP contribution in [0.4, 0.5) is 0 Å². The molecule has 0 fully saturated rings. The maximum absolute atomic E-state index is 6.18. The second-order valence-corrected chi connectivity index (χ2v) is 6.07. The highest BCUT2D eigenvalue weighted by molar-refractivity contribution is 7.98. The summed E-state index contributed by atoms with van der Waals surface area (Å²) in [5, 5.41) is 5.06. The van der Waals surface area contributed by atoms with E-state index in [1.54, 1.807) is 11.8 Å². The summed E-state index contributed by atoms with van der Waals surface area (Å²) in [6, 6.07) is 7.92. The molecule has 0 radical (unpaired) electrons. The van der Waals surface area contributed by atoms with Crippen molar-refractivity contribution in [3.8, 4) is 0 Å². The van der Waals surface area contributed by atoms with Gasteiger partial charge in [0, 0.05) is 16.7 Å². The van der Waals surface area contributed by atoms with E-state index in [2.05, 4.69) is 30.1 Å². The van der Waals surface area contributed by atoms with E-state index in [0.29, 0.717) is 16.9 Å². The standard InChI is InChI=1S/C14H17ClN2OS/c1-3-6-13-16-14(18-17-13)9-19-10(2)11-7-4-5-8-12(11)15/h4-5,7-8,10H,3,6,9H2,1-2H3/t10-/m0/s1. The van der Waals surface area contributed by atoms with E-state index in [4.69, 9.17) is 16.1 Å². The van der Waals surface area contributed by atoms with Crippen molar-refractivity contribution >= 4 is 23.4 Å². The topological polar surface area (TPSA) is 38.9 Å². The molecule has 1 heterocycles. The highest BCUT2D eigenvalue weighted by atomic mass is 35.5.